The minimum atomic E-state index is 0.0111. The molecule has 3 aromatic rings. The Hall–Kier alpha value is -2.69. The van der Waals surface area contributed by atoms with Crippen molar-refractivity contribution in [2.45, 2.75) is 37.6 Å². The van der Waals surface area contributed by atoms with Crippen LogP contribution in [0.25, 0.3) is 5.52 Å². The molecule has 1 atom stereocenters. The van der Waals surface area contributed by atoms with Crippen LogP contribution < -0.4 is 0 Å². The highest BCUT2D eigenvalue weighted by Gasteiger charge is 2.34. The van der Waals surface area contributed by atoms with Gasteiger partial charge in [0, 0.05) is 18.3 Å². The van der Waals surface area contributed by atoms with Gasteiger partial charge in [0.1, 0.15) is 5.69 Å². The van der Waals surface area contributed by atoms with Gasteiger partial charge in [-0.15, -0.1) is 5.10 Å². The summed E-state index contributed by atoms with van der Waals surface area (Å²) in [5.41, 5.74) is 4.01. The zero-order valence-electron chi connectivity index (χ0n) is 14.0. The standard InChI is InChI=1S/C20H20N4O/c25-20(15-5-2-1-3-6-15)23-12-4-7-17(23)19-18-11-10-16(14-8-9-14)13-24(18)22-21-19/h1-3,5-6,10-11,13-14,17H,4,7-9,12H2. The van der Waals surface area contributed by atoms with Gasteiger partial charge >= 0.3 is 0 Å². The average molecular weight is 332 g/mol. The van der Waals surface area contributed by atoms with E-state index in [9.17, 15) is 4.79 Å². The van der Waals surface area contributed by atoms with Gasteiger partial charge in [-0.3, -0.25) is 4.79 Å². The summed E-state index contributed by atoms with van der Waals surface area (Å²) in [6.45, 7) is 0.775. The summed E-state index contributed by atoms with van der Waals surface area (Å²) < 4.78 is 1.88. The third-order valence-corrected chi connectivity index (χ3v) is 5.36. The lowest BCUT2D eigenvalue weighted by Crippen LogP contribution is -2.30. The summed E-state index contributed by atoms with van der Waals surface area (Å²) in [7, 11) is 0. The fourth-order valence-electron chi connectivity index (χ4n) is 3.87. The van der Waals surface area contributed by atoms with Crippen molar-refractivity contribution in [1.82, 2.24) is 19.7 Å². The molecule has 5 nitrogen and oxygen atoms in total. The molecule has 1 aliphatic carbocycles. The second-order valence-corrected chi connectivity index (χ2v) is 7.06. The number of hydrogen-bond acceptors (Lipinski definition) is 3. The average Bonchev–Trinajstić information content (AvgIpc) is 3.25. The van der Waals surface area contributed by atoms with Gasteiger partial charge in [0.15, 0.2) is 0 Å². The van der Waals surface area contributed by atoms with Crippen LogP contribution in [0.2, 0.25) is 0 Å². The predicted octanol–water partition coefficient (Wildman–Crippen LogP) is 3.58. The molecule has 1 unspecified atom stereocenters. The first-order valence-corrected chi connectivity index (χ1v) is 9.02. The molecule has 0 radical (unpaired) electrons. The van der Waals surface area contributed by atoms with Crippen molar-refractivity contribution in [3.63, 3.8) is 0 Å². The van der Waals surface area contributed by atoms with Gasteiger partial charge in [0.25, 0.3) is 5.91 Å². The number of carbonyl (C=O) groups is 1. The summed E-state index contributed by atoms with van der Waals surface area (Å²) >= 11 is 0. The third kappa shape index (κ3) is 2.51. The van der Waals surface area contributed by atoms with Crippen LogP contribution in [0, 0.1) is 0 Å². The van der Waals surface area contributed by atoms with E-state index < -0.39 is 0 Å². The number of hydrogen-bond donors (Lipinski definition) is 0. The van der Waals surface area contributed by atoms with Crippen molar-refractivity contribution >= 4 is 11.4 Å². The van der Waals surface area contributed by atoms with E-state index in [0.717, 1.165) is 36.2 Å². The maximum absolute atomic E-state index is 12.9. The fourth-order valence-corrected chi connectivity index (χ4v) is 3.87. The van der Waals surface area contributed by atoms with E-state index >= 15 is 0 Å². The van der Waals surface area contributed by atoms with Crippen LogP contribution in [-0.4, -0.2) is 32.2 Å². The van der Waals surface area contributed by atoms with E-state index in [-0.39, 0.29) is 11.9 Å². The van der Waals surface area contributed by atoms with Gasteiger partial charge in [-0.05, 0) is 55.4 Å². The van der Waals surface area contributed by atoms with E-state index in [1.165, 1.54) is 18.4 Å². The number of benzene rings is 1. The molecule has 2 aromatic heterocycles. The number of fused-ring (bicyclic) bond motifs is 1. The van der Waals surface area contributed by atoms with Crippen LogP contribution in [0.3, 0.4) is 0 Å². The molecule has 126 valence electrons. The quantitative estimate of drug-likeness (QED) is 0.736. The molecule has 5 rings (SSSR count). The Bertz CT molecular complexity index is 929. The topological polar surface area (TPSA) is 50.5 Å². The first-order chi connectivity index (χ1) is 12.3. The zero-order valence-corrected chi connectivity index (χ0v) is 14.0. The lowest BCUT2D eigenvalue weighted by Gasteiger charge is -2.23. The van der Waals surface area contributed by atoms with Gasteiger partial charge in [-0.1, -0.05) is 29.5 Å². The maximum Gasteiger partial charge on any atom is 0.254 e. The number of rotatable bonds is 3. The third-order valence-electron chi connectivity index (χ3n) is 5.36. The Kier molecular flexibility index (Phi) is 3.33. The predicted molar refractivity (Wildman–Crippen MR) is 94.4 cm³/mol. The minimum absolute atomic E-state index is 0.0111. The van der Waals surface area contributed by atoms with Crippen molar-refractivity contribution in [1.29, 1.82) is 0 Å². The van der Waals surface area contributed by atoms with Gasteiger partial charge in [0.2, 0.25) is 0 Å². The monoisotopic (exact) mass is 332 g/mol. The van der Waals surface area contributed by atoms with Gasteiger partial charge in [-0.25, -0.2) is 4.52 Å². The summed E-state index contributed by atoms with van der Waals surface area (Å²) in [6.07, 6.45) is 6.59. The van der Waals surface area contributed by atoms with Crippen LogP contribution >= 0.6 is 0 Å². The summed E-state index contributed by atoms with van der Waals surface area (Å²) in [5, 5.41) is 8.77. The molecule has 5 heteroatoms. The number of amides is 1. The molecule has 2 aliphatic rings. The van der Waals surface area contributed by atoms with Gasteiger partial charge < -0.3 is 4.90 Å². The molecule has 25 heavy (non-hydrogen) atoms. The normalized spacial score (nSPS) is 20.3. The molecule has 1 amide bonds. The molecular formula is C20H20N4O. The summed E-state index contributed by atoms with van der Waals surface area (Å²) in [4.78, 5) is 14.9. The number of aromatic nitrogens is 3. The molecule has 2 fully saturated rings. The molecule has 1 saturated heterocycles. The van der Waals surface area contributed by atoms with Crippen molar-refractivity contribution in [3.05, 3.63) is 65.5 Å². The highest BCUT2D eigenvalue weighted by atomic mass is 16.2. The first kappa shape index (κ1) is 14.6. The second kappa shape index (κ2) is 5.69. The van der Waals surface area contributed by atoms with E-state index in [4.69, 9.17) is 0 Å². The summed E-state index contributed by atoms with van der Waals surface area (Å²) in [5.74, 6) is 0.776. The zero-order chi connectivity index (χ0) is 16.8. The Morgan fingerprint density at radius 3 is 2.68 bits per heavy atom. The fraction of sp³-hybridized carbons (Fsp3) is 0.350. The highest BCUT2D eigenvalue weighted by molar-refractivity contribution is 5.94. The van der Waals surface area contributed by atoms with Crippen LogP contribution in [-0.2, 0) is 0 Å². The van der Waals surface area contributed by atoms with Crippen molar-refractivity contribution in [2.24, 2.45) is 0 Å². The first-order valence-electron chi connectivity index (χ1n) is 9.02. The molecule has 3 heterocycles. The molecular weight excluding hydrogens is 312 g/mol. The van der Waals surface area contributed by atoms with Crippen LogP contribution in [0.5, 0.6) is 0 Å². The van der Waals surface area contributed by atoms with Crippen molar-refractivity contribution in [3.8, 4) is 0 Å². The lowest BCUT2D eigenvalue weighted by molar-refractivity contribution is 0.0734. The van der Waals surface area contributed by atoms with Gasteiger partial charge in [0.05, 0.1) is 11.6 Å². The van der Waals surface area contributed by atoms with E-state index in [1.54, 1.807) is 0 Å². The molecule has 1 aliphatic heterocycles. The second-order valence-electron chi connectivity index (χ2n) is 7.06. The number of pyridine rings is 1. The van der Waals surface area contributed by atoms with E-state index in [1.807, 2.05) is 39.7 Å². The Morgan fingerprint density at radius 2 is 1.88 bits per heavy atom. The van der Waals surface area contributed by atoms with Crippen LogP contribution in [0.1, 0.15) is 59.3 Å². The minimum Gasteiger partial charge on any atom is -0.330 e. The Labute approximate surface area is 146 Å². The van der Waals surface area contributed by atoms with E-state index in [2.05, 4.69) is 28.6 Å². The molecule has 1 aromatic carbocycles. The molecule has 1 saturated carbocycles. The summed E-state index contributed by atoms with van der Waals surface area (Å²) in [6, 6.07) is 13.8. The lowest BCUT2D eigenvalue weighted by atomic mass is 10.1. The van der Waals surface area contributed by atoms with Crippen molar-refractivity contribution < 1.29 is 4.79 Å². The molecule has 0 spiro atoms. The molecule has 0 bridgehead atoms. The van der Waals surface area contributed by atoms with Crippen LogP contribution in [0.15, 0.2) is 48.7 Å². The maximum atomic E-state index is 12.9. The molecule has 0 N–H and O–H groups in total. The van der Waals surface area contributed by atoms with Crippen LogP contribution in [0.4, 0.5) is 0 Å². The number of likely N-dealkylation sites (tertiary alicyclic amines) is 1. The van der Waals surface area contributed by atoms with E-state index in [0.29, 0.717) is 5.92 Å². The Balaban J connectivity index is 1.49. The smallest absolute Gasteiger partial charge is 0.254 e. The highest BCUT2D eigenvalue weighted by Crippen LogP contribution is 2.40. The van der Waals surface area contributed by atoms with Crippen molar-refractivity contribution in [2.75, 3.05) is 6.54 Å². The SMILES string of the molecule is O=C(c1ccccc1)N1CCCC1c1nnn2cc(C3CC3)ccc12. The van der Waals surface area contributed by atoms with Gasteiger partial charge in [-0.2, -0.15) is 0 Å². The number of carbonyl (C=O) groups excluding carboxylic acids is 1. The largest absolute Gasteiger partial charge is 0.330 e. The Morgan fingerprint density at radius 1 is 1.04 bits per heavy atom. The number of nitrogens with zero attached hydrogens (tertiary/aromatic N) is 4.